The normalized spacial score (nSPS) is 11.2. The minimum absolute atomic E-state index is 0.167. The molecule has 0 amide bonds. The van der Waals surface area contributed by atoms with Crippen LogP contribution in [-0.2, 0) is 19.6 Å². The third-order valence-electron chi connectivity index (χ3n) is 1.82. The lowest BCUT2D eigenvalue weighted by atomic mass is 10.4. The first-order valence-electron chi connectivity index (χ1n) is 4.86. The van der Waals surface area contributed by atoms with Crippen LogP contribution in [0.5, 0.6) is 0 Å². The van der Waals surface area contributed by atoms with Gasteiger partial charge in [0.2, 0.25) is 10.0 Å². The van der Waals surface area contributed by atoms with Crippen molar-refractivity contribution >= 4 is 16.0 Å². The molecule has 0 aromatic heterocycles. The maximum Gasteiger partial charge on any atom is 0.321 e. The van der Waals surface area contributed by atoms with Crippen LogP contribution in [0.3, 0.4) is 0 Å². The molecule has 0 heterocycles. The molecule has 0 aliphatic rings. The standard InChI is InChI=1S/C10H12FNO4S/c1-2-16-10(13)7-12-17(14,15)9-5-3-4-8(11)6-9/h3-6,12H,2,7H2,1H3. The van der Waals surface area contributed by atoms with Gasteiger partial charge in [0.1, 0.15) is 12.4 Å². The number of benzene rings is 1. The second kappa shape index (κ2) is 5.74. The fourth-order valence-corrected chi connectivity index (χ4v) is 2.08. The van der Waals surface area contributed by atoms with Crippen molar-refractivity contribution < 1.29 is 22.3 Å². The van der Waals surface area contributed by atoms with E-state index in [0.717, 1.165) is 12.1 Å². The highest BCUT2D eigenvalue weighted by atomic mass is 32.2. The highest BCUT2D eigenvalue weighted by Gasteiger charge is 2.16. The molecule has 1 N–H and O–H groups in total. The number of sulfonamides is 1. The van der Waals surface area contributed by atoms with Crippen molar-refractivity contribution in [1.82, 2.24) is 4.72 Å². The molecule has 0 radical (unpaired) electrons. The van der Waals surface area contributed by atoms with Gasteiger partial charge < -0.3 is 4.74 Å². The summed E-state index contributed by atoms with van der Waals surface area (Å²) in [5.41, 5.74) is 0. The van der Waals surface area contributed by atoms with Crippen LogP contribution in [0, 0.1) is 5.82 Å². The van der Waals surface area contributed by atoms with E-state index in [0.29, 0.717) is 0 Å². The molecule has 0 fully saturated rings. The van der Waals surface area contributed by atoms with Crippen LogP contribution in [0.4, 0.5) is 4.39 Å². The maximum absolute atomic E-state index is 12.8. The first kappa shape index (κ1) is 13.6. The van der Waals surface area contributed by atoms with Crippen LogP contribution in [0.1, 0.15) is 6.92 Å². The summed E-state index contributed by atoms with van der Waals surface area (Å²) in [5, 5.41) is 0. The molecular formula is C10H12FNO4S. The molecule has 17 heavy (non-hydrogen) atoms. The summed E-state index contributed by atoms with van der Waals surface area (Å²) in [6.07, 6.45) is 0. The average molecular weight is 261 g/mol. The van der Waals surface area contributed by atoms with Gasteiger partial charge in [-0.05, 0) is 25.1 Å². The lowest BCUT2D eigenvalue weighted by Crippen LogP contribution is -2.30. The van der Waals surface area contributed by atoms with Crippen LogP contribution in [0.25, 0.3) is 0 Å². The van der Waals surface area contributed by atoms with Gasteiger partial charge in [-0.25, -0.2) is 12.8 Å². The van der Waals surface area contributed by atoms with Gasteiger partial charge in [0, 0.05) is 0 Å². The molecule has 94 valence electrons. The molecule has 0 spiro atoms. The van der Waals surface area contributed by atoms with E-state index in [1.54, 1.807) is 6.92 Å². The number of esters is 1. The van der Waals surface area contributed by atoms with Gasteiger partial charge in [0.05, 0.1) is 11.5 Å². The Hall–Kier alpha value is -1.47. The lowest BCUT2D eigenvalue weighted by Gasteiger charge is -2.06. The van der Waals surface area contributed by atoms with Crippen molar-refractivity contribution in [3.63, 3.8) is 0 Å². The van der Waals surface area contributed by atoms with E-state index in [9.17, 15) is 17.6 Å². The maximum atomic E-state index is 12.8. The summed E-state index contributed by atoms with van der Waals surface area (Å²) in [5.74, 6) is -1.35. The molecule has 5 nitrogen and oxygen atoms in total. The number of rotatable bonds is 5. The highest BCUT2D eigenvalue weighted by molar-refractivity contribution is 7.89. The van der Waals surface area contributed by atoms with Crippen molar-refractivity contribution in [3.05, 3.63) is 30.1 Å². The Balaban J connectivity index is 2.73. The Morgan fingerprint density at radius 1 is 1.47 bits per heavy atom. The third-order valence-corrected chi connectivity index (χ3v) is 3.22. The van der Waals surface area contributed by atoms with E-state index >= 15 is 0 Å². The van der Waals surface area contributed by atoms with Gasteiger partial charge in [-0.1, -0.05) is 6.07 Å². The van der Waals surface area contributed by atoms with Gasteiger partial charge in [-0.3, -0.25) is 4.79 Å². The number of carbonyl (C=O) groups is 1. The van der Waals surface area contributed by atoms with Crippen LogP contribution < -0.4 is 4.72 Å². The zero-order valence-electron chi connectivity index (χ0n) is 9.14. The number of nitrogens with one attached hydrogen (secondary N) is 1. The quantitative estimate of drug-likeness (QED) is 0.791. The van der Waals surface area contributed by atoms with Crippen LogP contribution in [0.2, 0.25) is 0 Å². The summed E-state index contributed by atoms with van der Waals surface area (Å²) >= 11 is 0. The van der Waals surface area contributed by atoms with Gasteiger partial charge in [-0.15, -0.1) is 0 Å². The molecule has 1 aromatic rings. The van der Waals surface area contributed by atoms with E-state index in [4.69, 9.17) is 0 Å². The predicted octanol–water partition coefficient (Wildman–Crippen LogP) is 0.667. The van der Waals surface area contributed by atoms with Gasteiger partial charge in [0.15, 0.2) is 0 Å². The third kappa shape index (κ3) is 4.12. The molecule has 0 bridgehead atoms. The minimum Gasteiger partial charge on any atom is -0.465 e. The molecule has 7 heteroatoms. The van der Waals surface area contributed by atoms with Crippen molar-refractivity contribution in [2.75, 3.05) is 13.2 Å². The number of hydrogen-bond donors (Lipinski definition) is 1. The molecule has 0 saturated carbocycles. The molecule has 0 aliphatic carbocycles. The van der Waals surface area contributed by atoms with Crippen molar-refractivity contribution in [2.24, 2.45) is 0 Å². The topological polar surface area (TPSA) is 72.5 Å². The minimum atomic E-state index is -3.89. The fraction of sp³-hybridized carbons (Fsp3) is 0.300. The summed E-state index contributed by atoms with van der Waals surface area (Å²) < 4.78 is 42.6. The largest absolute Gasteiger partial charge is 0.465 e. The summed E-state index contributed by atoms with van der Waals surface area (Å²) in [6, 6.07) is 4.50. The Kier molecular flexibility index (Phi) is 4.59. The first-order chi connectivity index (χ1) is 7.95. The summed E-state index contributed by atoms with van der Waals surface area (Å²) in [4.78, 5) is 10.7. The smallest absolute Gasteiger partial charge is 0.321 e. The van der Waals surface area contributed by atoms with Gasteiger partial charge in [0.25, 0.3) is 0 Å². The monoisotopic (exact) mass is 261 g/mol. The van der Waals surface area contributed by atoms with Gasteiger partial charge in [-0.2, -0.15) is 4.72 Å². The molecule has 0 unspecified atom stereocenters. The van der Waals surface area contributed by atoms with Crippen molar-refractivity contribution in [1.29, 1.82) is 0 Å². The lowest BCUT2D eigenvalue weighted by molar-refractivity contribution is -0.141. The number of halogens is 1. The van der Waals surface area contributed by atoms with Crippen molar-refractivity contribution in [3.8, 4) is 0 Å². The van der Waals surface area contributed by atoms with Gasteiger partial charge >= 0.3 is 5.97 Å². The zero-order valence-corrected chi connectivity index (χ0v) is 9.96. The predicted molar refractivity (Wildman–Crippen MR) is 58.2 cm³/mol. The second-order valence-electron chi connectivity index (χ2n) is 3.09. The first-order valence-corrected chi connectivity index (χ1v) is 6.35. The van der Waals surface area contributed by atoms with Crippen LogP contribution in [0.15, 0.2) is 29.2 Å². The fourth-order valence-electron chi connectivity index (χ4n) is 1.08. The SMILES string of the molecule is CCOC(=O)CNS(=O)(=O)c1cccc(F)c1. The van der Waals surface area contributed by atoms with E-state index in [1.165, 1.54) is 12.1 Å². The molecule has 0 aliphatic heterocycles. The van der Waals surface area contributed by atoms with Crippen LogP contribution >= 0.6 is 0 Å². The van der Waals surface area contributed by atoms with E-state index in [2.05, 4.69) is 4.74 Å². The molecule has 1 aromatic carbocycles. The van der Waals surface area contributed by atoms with E-state index in [-0.39, 0.29) is 11.5 Å². The average Bonchev–Trinajstić information content (AvgIpc) is 2.27. The Labute approximate surface area is 98.6 Å². The number of hydrogen-bond acceptors (Lipinski definition) is 4. The Morgan fingerprint density at radius 3 is 2.76 bits per heavy atom. The summed E-state index contributed by atoms with van der Waals surface area (Å²) in [7, 11) is -3.89. The Morgan fingerprint density at radius 2 is 2.18 bits per heavy atom. The second-order valence-corrected chi connectivity index (χ2v) is 4.85. The number of ether oxygens (including phenoxy) is 1. The Bertz CT molecular complexity index is 501. The molecule has 1 rings (SSSR count). The molecular weight excluding hydrogens is 249 g/mol. The van der Waals surface area contributed by atoms with Crippen LogP contribution in [-0.4, -0.2) is 27.5 Å². The highest BCUT2D eigenvalue weighted by Crippen LogP contribution is 2.09. The number of carbonyl (C=O) groups excluding carboxylic acids is 1. The van der Waals surface area contributed by atoms with Crippen molar-refractivity contribution in [2.45, 2.75) is 11.8 Å². The molecule has 0 saturated heterocycles. The zero-order chi connectivity index (χ0) is 12.9. The van der Waals surface area contributed by atoms with E-state index in [1.807, 2.05) is 4.72 Å². The summed E-state index contributed by atoms with van der Waals surface area (Å²) in [6.45, 7) is 1.30. The molecule has 0 atom stereocenters. The van der Waals surface area contributed by atoms with E-state index < -0.39 is 28.4 Å².